The molecule has 0 bridgehead atoms. The van der Waals surface area contributed by atoms with Gasteiger partial charge in [-0.3, -0.25) is 0 Å². The lowest BCUT2D eigenvalue weighted by Crippen LogP contribution is -2.30. The molecule has 0 aliphatic carbocycles. The zero-order valence-electron chi connectivity index (χ0n) is 12.5. The molecule has 0 amide bonds. The maximum Gasteiger partial charge on any atom is 0.127 e. The lowest BCUT2D eigenvalue weighted by molar-refractivity contribution is 0.415. The normalized spacial score (nSPS) is 14.9. The molecule has 18 heavy (non-hydrogen) atoms. The molecule has 0 aliphatic rings. The average molecular weight is 251 g/mol. The molecule has 0 aliphatic heterocycles. The lowest BCUT2D eigenvalue weighted by atomic mass is 9.85. The van der Waals surface area contributed by atoms with Crippen LogP contribution in [0.25, 0.3) is 0 Å². The topological polar surface area (TPSA) is 12.0 Å². The first-order valence-electron chi connectivity index (χ1n) is 6.83. The molecule has 2 atom stereocenters. The molecule has 1 aromatic carbocycles. The van der Waals surface area contributed by atoms with Gasteiger partial charge in [-0.25, -0.2) is 4.39 Å². The van der Waals surface area contributed by atoms with Gasteiger partial charge in [0.2, 0.25) is 0 Å². The van der Waals surface area contributed by atoms with Crippen LogP contribution >= 0.6 is 0 Å². The van der Waals surface area contributed by atoms with Gasteiger partial charge in [0.05, 0.1) is 0 Å². The van der Waals surface area contributed by atoms with Crippen molar-refractivity contribution in [1.29, 1.82) is 0 Å². The van der Waals surface area contributed by atoms with Gasteiger partial charge in [0.25, 0.3) is 0 Å². The number of rotatable bonds is 5. The largest absolute Gasteiger partial charge is 0.314 e. The predicted octanol–water partition coefficient (Wildman–Crippen LogP) is 4.18. The Morgan fingerprint density at radius 2 is 1.72 bits per heavy atom. The first-order chi connectivity index (χ1) is 8.32. The van der Waals surface area contributed by atoms with E-state index in [9.17, 15) is 4.39 Å². The second-order valence-corrected chi connectivity index (χ2v) is 5.81. The van der Waals surface area contributed by atoms with Gasteiger partial charge in [-0.15, -0.1) is 0 Å². The van der Waals surface area contributed by atoms with Crippen LogP contribution in [0.3, 0.4) is 0 Å². The number of hydrogen-bond acceptors (Lipinski definition) is 1. The number of halogens is 1. The van der Waals surface area contributed by atoms with E-state index in [4.69, 9.17) is 0 Å². The Balaban J connectivity index is 2.86. The second-order valence-electron chi connectivity index (χ2n) is 5.81. The monoisotopic (exact) mass is 251 g/mol. The molecule has 1 aromatic rings. The van der Waals surface area contributed by atoms with Crippen LogP contribution in [0, 0.1) is 25.6 Å². The SMILES string of the molecule is Cc1cc(C)c(C(C)C(C)CNC(C)C)c(F)c1. The molecule has 0 radical (unpaired) electrons. The minimum Gasteiger partial charge on any atom is -0.314 e. The third kappa shape index (κ3) is 3.81. The summed E-state index contributed by atoms with van der Waals surface area (Å²) in [6.07, 6.45) is 0. The molecule has 0 fully saturated rings. The number of aryl methyl sites for hydroxylation is 2. The van der Waals surface area contributed by atoms with Crippen molar-refractivity contribution in [2.24, 2.45) is 5.92 Å². The minimum atomic E-state index is -0.0589. The summed E-state index contributed by atoms with van der Waals surface area (Å²) in [5.74, 6) is 0.594. The van der Waals surface area contributed by atoms with Gasteiger partial charge < -0.3 is 5.32 Å². The van der Waals surface area contributed by atoms with Crippen molar-refractivity contribution >= 4 is 0 Å². The molecular weight excluding hydrogens is 225 g/mol. The summed E-state index contributed by atoms with van der Waals surface area (Å²) < 4.78 is 14.1. The highest BCUT2D eigenvalue weighted by molar-refractivity contribution is 5.34. The maximum absolute atomic E-state index is 14.1. The third-order valence-electron chi connectivity index (χ3n) is 3.64. The first kappa shape index (κ1) is 15.2. The fourth-order valence-corrected chi connectivity index (χ4v) is 2.39. The summed E-state index contributed by atoms with van der Waals surface area (Å²) in [4.78, 5) is 0. The first-order valence-corrected chi connectivity index (χ1v) is 6.83. The van der Waals surface area contributed by atoms with E-state index in [0.717, 1.165) is 23.2 Å². The number of benzene rings is 1. The zero-order chi connectivity index (χ0) is 13.9. The van der Waals surface area contributed by atoms with Crippen LogP contribution in [0.4, 0.5) is 4.39 Å². The molecule has 2 heteroatoms. The van der Waals surface area contributed by atoms with Gasteiger partial charge in [0.1, 0.15) is 5.82 Å². The van der Waals surface area contributed by atoms with E-state index in [1.54, 1.807) is 6.07 Å². The van der Waals surface area contributed by atoms with Crippen molar-refractivity contribution in [1.82, 2.24) is 5.32 Å². The minimum absolute atomic E-state index is 0.0589. The van der Waals surface area contributed by atoms with Crippen LogP contribution in [0.15, 0.2) is 12.1 Å². The van der Waals surface area contributed by atoms with Crippen LogP contribution in [0.5, 0.6) is 0 Å². The molecule has 0 spiro atoms. The molecule has 0 saturated carbocycles. The van der Waals surface area contributed by atoms with Crippen LogP contribution in [-0.2, 0) is 0 Å². The lowest BCUT2D eigenvalue weighted by Gasteiger charge is -2.24. The molecule has 1 nitrogen and oxygen atoms in total. The summed E-state index contributed by atoms with van der Waals surface area (Å²) in [5, 5.41) is 3.42. The van der Waals surface area contributed by atoms with E-state index in [1.807, 2.05) is 13.8 Å². The Hall–Kier alpha value is -0.890. The molecule has 0 heterocycles. The summed E-state index contributed by atoms with van der Waals surface area (Å²) in [6, 6.07) is 4.18. The molecule has 2 unspecified atom stereocenters. The highest BCUT2D eigenvalue weighted by Crippen LogP contribution is 2.29. The third-order valence-corrected chi connectivity index (χ3v) is 3.64. The Kier molecular flexibility index (Phi) is 5.33. The molecule has 0 aromatic heterocycles. The highest BCUT2D eigenvalue weighted by Gasteiger charge is 2.20. The van der Waals surface area contributed by atoms with Crippen LogP contribution in [-0.4, -0.2) is 12.6 Å². The average Bonchev–Trinajstić information content (AvgIpc) is 2.24. The fourth-order valence-electron chi connectivity index (χ4n) is 2.39. The Labute approximate surface area is 111 Å². The smallest absolute Gasteiger partial charge is 0.127 e. The Morgan fingerprint density at radius 1 is 1.11 bits per heavy atom. The molecular formula is C16H26FN. The fraction of sp³-hybridized carbons (Fsp3) is 0.625. The van der Waals surface area contributed by atoms with Gasteiger partial charge in [-0.2, -0.15) is 0 Å². The summed E-state index contributed by atoms with van der Waals surface area (Å²) in [5.41, 5.74) is 2.93. The van der Waals surface area contributed by atoms with Crippen molar-refractivity contribution < 1.29 is 4.39 Å². The summed E-state index contributed by atoms with van der Waals surface area (Å²) in [6.45, 7) is 13.4. The Bertz CT molecular complexity index is 375. The summed E-state index contributed by atoms with van der Waals surface area (Å²) in [7, 11) is 0. The zero-order valence-corrected chi connectivity index (χ0v) is 12.5. The van der Waals surface area contributed by atoms with E-state index >= 15 is 0 Å². The second kappa shape index (κ2) is 6.33. The van der Waals surface area contributed by atoms with E-state index in [0.29, 0.717) is 12.0 Å². The molecule has 0 saturated heterocycles. The number of hydrogen-bond donors (Lipinski definition) is 1. The van der Waals surface area contributed by atoms with Crippen LogP contribution in [0.1, 0.15) is 50.3 Å². The molecule has 102 valence electrons. The van der Waals surface area contributed by atoms with Gasteiger partial charge in [-0.05, 0) is 55.0 Å². The molecule has 1 rings (SSSR count). The number of nitrogens with one attached hydrogen (secondary N) is 1. The Morgan fingerprint density at radius 3 is 2.22 bits per heavy atom. The van der Waals surface area contributed by atoms with Crippen molar-refractivity contribution in [2.75, 3.05) is 6.54 Å². The van der Waals surface area contributed by atoms with Crippen molar-refractivity contribution in [3.8, 4) is 0 Å². The van der Waals surface area contributed by atoms with Crippen LogP contribution in [0.2, 0.25) is 0 Å². The standard InChI is InChI=1S/C16H26FN/c1-10(2)18-9-13(5)14(6)16-12(4)7-11(3)8-15(16)17/h7-8,10,13-14,18H,9H2,1-6H3. The van der Waals surface area contributed by atoms with Crippen molar-refractivity contribution in [3.05, 3.63) is 34.6 Å². The van der Waals surface area contributed by atoms with Crippen molar-refractivity contribution in [2.45, 2.75) is 53.5 Å². The van der Waals surface area contributed by atoms with E-state index in [2.05, 4.69) is 39.1 Å². The van der Waals surface area contributed by atoms with Gasteiger partial charge >= 0.3 is 0 Å². The predicted molar refractivity (Wildman–Crippen MR) is 76.6 cm³/mol. The summed E-state index contributed by atoms with van der Waals surface area (Å²) >= 11 is 0. The van der Waals surface area contributed by atoms with E-state index in [-0.39, 0.29) is 11.7 Å². The van der Waals surface area contributed by atoms with Crippen molar-refractivity contribution in [3.63, 3.8) is 0 Å². The van der Waals surface area contributed by atoms with Gasteiger partial charge in [0.15, 0.2) is 0 Å². The quantitative estimate of drug-likeness (QED) is 0.827. The van der Waals surface area contributed by atoms with Crippen LogP contribution < -0.4 is 5.32 Å². The highest BCUT2D eigenvalue weighted by atomic mass is 19.1. The molecule has 1 N–H and O–H groups in total. The van der Waals surface area contributed by atoms with Gasteiger partial charge in [0, 0.05) is 6.04 Å². The van der Waals surface area contributed by atoms with Gasteiger partial charge in [-0.1, -0.05) is 33.8 Å². The maximum atomic E-state index is 14.1. The van der Waals surface area contributed by atoms with E-state index in [1.165, 1.54) is 0 Å². The van der Waals surface area contributed by atoms with E-state index < -0.39 is 0 Å².